The first kappa shape index (κ1) is 18.8. The molecule has 1 atom stereocenters. The molecule has 0 saturated carbocycles. The van der Waals surface area contributed by atoms with Crippen LogP contribution in [-0.2, 0) is 19.6 Å². The van der Waals surface area contributed by atoms with Gasteiger partial charge in [-0.25, -0.2) is 8.42 Å². The molecule has 0 aromatic heterocycles. The maximum atomic E-state index is 12.8. The van der Waals surface area contributed by atoms with Crippen LogP contribution in [0.25, 0.3) is 0 Å². The molecule has 1 N–H and O–H groups in total. The minimum Gasteiger partial charge on any atom is -0.311 e. The summed E-state index contributed by atoms with van der Waals surface area (Å²) < 4.78 is 24.7. The van der Waals surface area contributed by atoms with Gasteiger partial charge in [-0.05, 0) is 37.1 Å². The molecule has 26 heavy (non-hydrogen) atoms. The van der Waals surface area contributed by atoms with E-state index < -0.39 is 16.1 Å². The fraction of sp³-hybridized carbons (Fsp3) is 0.529. The molecule has 0 radical (unpaired) electrons. The van der Waals surface area contributed by atoms with Crippen molar-refractivity contribution in [3.05, 3.63) is 24.3 Å². The van der Waals surface area contributed by atoms with Gasteiger partial charge in [0.2, 0.25) is 21.8 Å². The van der Waals surface area contributed by atoms with Crippen LogP contribution in [0.5, 0.6) is 0 Å². The Morgan fingerprint density at radius 1 is 1.08 bits per heavy atom. The topological polar surface area (TPSA) is 90.0 Å². The van der Waals surface area contributed by atoms with Crippen molar-refractivity contribution in [2.24, 2.45) is 0 Å². The second kappa shape index (κ2) is 7.34. The van der Waals surface area contributed by atoms with Crippen LogP contribution in [0.4, 0.5) is 11.4 Å². The van der Waals surface area contributed by atoms with Crippen molar-refractivity contribution < 1.29 is 18.0 Å². The number of piperidine rings is 1. The summed E-state index contributed by atoms with van der Waals surface area (Å²) in [6.07, 6.45) is 2.36. The number of sulfonamides is 1. The molecule has 0 bridgehead atoms. The van der Waals surface area contributed by atoms with Crippen LogP contribution in [-0.4, -0.2) is 70.1 Å². The first-order valence-electron chi connectivity index (χ1n) is 8.64. The lowest BCUT2D eigenvalue weighted by Crippen LogP contribution is -2.52. The number of piperazine rings is 1. The number of anilines is 2. The molecule has 3 rings (SSSR count). The minimum absolute atomic E-state index is 0.0212. The van der Waals surface area contributed by atoms with E-state index in [2.05, 4.69) is 5.32 Å². The maximum Gasteiger partial charge on any atom is 0.245 e. The van der Waals surface area contributed by atoms with E-state index >= 15 is 0 Å². The predicted octanol–water partition coefficient (Wildman–Crippen LogP) is 0.00960. The van der Waals surface area contributed by atoms with Gasteiger partial charge in [-0.2, -0.15) is 4.31 Å². The van der Waals surface area contributed by atoms with Gasteiger partial charge in [0.1, 0.15) is 6.04 Å². The lowest BCUT2D eigenvalue weighted by molar-refractivity contribution is -0.123. The lowest BCUT2D eigenvalue weighted by atomic mass is 10.0. The predicted molar refractivity (Wildman–Crippen MR) is 99.6 cm³/mol. The molecule has 0 aliphatic carbocycles. The zero-order chi connectivity index (χ0) is 18.9. The summed E-state index contributed by atoms with van der Waals surface area (Å²) >= 11 is 0. The van der Waals surface area contributed by atoms with E-state index in [0.29, 0.717) is 31.7 Å². The van der Waals surface area contributed by atoms with Gasteiger partial charge in [0.15, 0.2) is 0 Å². The van der Waals surface area contributed by atoms with Crippen LogP contribution in [0.2, 0.25) is 0 Å². The standard InChI is InChI=1S/C17H24N4O4S/c1-19(26(2,24)25)15-4-3-10-21(17(15)23)14-7-5-13(6-8-14)20-11-9-18-12-16(20)22/h5-8,15,18H,3-4,9-12H2,1-2H3. The highest BCUT2D eigenvalue weighted by molar-refractivity contribution is 7.88. The summed E-state index contributed by atoms with van der Waals surface area (Å²) in [5.74, 6) is -0.192. The third kappa shape index (κ3) is 3.74. The van der Waals surface area contributed by atoms with Crippen molar-refractivity contribution in [3.8, 4) is 0 Å². The summed E-state index contributed by atoms with van der Waals surface area (Å²) in [5.41, 5.74) is 1.52. The molecule has 2 aliphatic heterocycles. The molecule has 8 nitrogen and oxygen atoms in total. The largest absolute Gasteiger partial charge is 0.311 e. The molecule has 1 aromatic rings. The third-order valence-corrected chi connectivity index (χ3v) is 6.24. The van der Waals surface area contributed by atoms with Gasteiger partial charge >= 0.3 is 0 Å². The first-order valence-corrected chi connectivity index (χ1v) is 10.5. The van der Waals surface area contributed by atoms with Crippen molar-refractivity contribution in [1.29, 1.82) is 0 Å². The summed E-state index contributed by atoms with van der Waals surface area (Å²) in [7, 11) is -1.99. The molecule has 9 heteroatoms. The molecule has 2 aliphatic rings. The highest BCUT2D eigenvalue weighted by atomic mass is 32.2. The molecular formula is C17H24N4O4S. The van der Waals surface area contributed by atoms with Crippen molar-refractivity contribution >= 4 is 33.2 Å². The SMILES string of the molecule is CN(C1CCCN(c2ccc(N3CCNCC3=O)cc2)C1=O)S(C)(=O)=O. The number of carbonyl (C=O) groups excluding carboxylic acids is 2. The number of hydrogen-bond acceptors (Lipinski definition) is 5. The van der Waals surface area contributed by atoms with E-state index in [0.717, 1.165) is 29.2 Å². The molecule has 2 fully saturated rings. The van der Waals surface area contributed by atoms with E-state index in [-0.39, 0.29) is 11.8 Å². The summed E-state index contributed by atoms with van der Waals surface area (Å²) in [6.45, 7) is 2.24. The monoisotopic (exact) mass is 380 g/mol. The Hall–Kier alpha value is -1.97. The van der Waals surface area contributed by atoms with Gasteiger partial charge in [0, 0.05) is 38.1 Å². The fourth-order valence-electron chi connectivity index (χ4n) is 3.37. The van der Waals surface area contributed by atoms with Crippen LogP contribution in [0.1, 0.15) is 12.8 Å². The van der Waals surface area contributed by atoms with E-state index in [9.17, 15) is 18.0 Å². The number of amides is 2. The number of nitrogens with zero attached hydrogens (tertiary/aromatic N) is 3. The van der Waals surface area contributed by atoms with Crippen LogP contribution >= 0.6 is 0 Å². The van der Waals surface area contributed by atoms with E-state index in [1.54, 1.807) is 9.80 Å². The Morgan fingerprint density at radius 2 is 1.69 bits per heavy atom. The Kier molecular flexibility index (Phi) is 5.31. The third-order valence-electron chi connectivity index (χ3n) is 4.93. The number of benzene rings is 1. The smallest absolute Gasteiger partial charge is 0.245 e. The quantitative estimate of drug-likeness (QED) is 0.795. The van der Waals surface area contributed by atoms with Crippen molar-refractivity contribution in [3.63, 3.8) is 0 Å². The molecule has 1 aromatic carbocycles. The molecule has 0 spiro atoms. The van der Waals surface area contributed by atoms with Crippen molar-refractivity contribution in [1.82, 2.24) is 9.62 Å². The molecule has 142 valence electrons. The number of likely N-dealkylation sites (N-methyl/N-ethyl adjacent to an activating group) is 1. The maximum absolute atomic E-state index is 12.8. The molecule has 1 unspecified atom stereocenters. The lowest BCUT2D eigenvalue weighted by Gasteiger charge is -2.36. The Balaban J connectivity index is 1.78. The average Bonchev–Trinajstić information content (AvgIpc) is 2.61. The number of nitrogens with one attached hydrogen (secondary N) is 1. The second-order valence-electron chi connectivity index (χ2n) is 6.67. The van der Waals surface area contributed by atoms with Crippen LogP contribution < -0.4 is 15.1 Å². The molecule has 2 saturated heterocycles. The summed E-state index contributed by atoms with van der Waals surface area (Å²) in [6, 6.07) is 6.61. The van der Waals surface area contributed by atoms with Gasteiger partial charge < -0.3 is 15.1 Å². The normalized spacial score (nSPS) is 22.2. The van der Waals surface area contributed by atoms with Crippen LogP contribution in [0, 0.1) is 0 Å². The van der Waals surface area contributed by atoms with E-state index in [1.165, 1.54) is 7.05 Å². The van der Waals surface area contributed by atoms with E-state index in [1.807, 2.05) is 24.3 Å². The summed E-state index contributed by atoms with van der Waals surface area (Å²) in [4.78, 5) is 28.1. The highest BCUT2D eigenvalue weighted by Crippen LogP contribution is 2.26. The van der Waals surface area contributed by atoms with E-state index in [4.69, 9.17) is 0 Å². The van der Waals surface area contributed by atoms with Crippen LogP contribution in [0.3, 0.4) is 0 Å². The van der Waals surface area contributed by atoms with Crippen LogP contribution in [0.15, 0.2) is 24.3 Å². The summed E-state index contributed by atoms with van der Waals surface area (Å²) in [5, 5.41) is 3.03. The Labute approximate surface area is 153 Å². The van der Waals surface area contributed by atoms with Crippen molar-refractivity contribution in [2.75, 3.05) is 49.3 Å². The number of rotatable bonds is 4. The van der Waals surface area contributed by atoms with Gasteiger partial charge in [-0.3, -0.25) is 9.59 Å². The van der Waals surface area contributed by atoms with Gasteiger partial charge in [-0.15, -0.1) is 0 Å². The highest BCUT2D eigenvalue weighted by Gasteiger charge is 2.36. The number of hydrogen-bond donors (Lipinski definition) is 1. The molecule has 2 heterocycles. The van der Waals surface area contributed by atoms with Gasteiger partial charge in [0.05, 0.1) is 12.8 Å². The second-order valence-corrected chi connectivity index (χ2v) is 8.71. The zero-order valence-electron chi connectivity index (χ0n) is 15.0. The Bertz CT molecular complexity index is 793. The van der Waals surface area contributed by atoms with Gasteiger partial charge in [-0.1, -0.05) is 0 Å². The minimum atomic E-state index is -3.43. The first-order chi connectivity index (χ1) is 12.3. The van der Waals surface area contributed by atoms with Gasteiger partial charge in [0.25, 0.3) is 0 Å². The molecule has 2 amide bonds. The average molecular weight is 380 g/mol. The number of carbonyl (C=O) groups is 2. The fourth-order valence-corrected chi connectivity index (χ4v) is 4.03. The molecular weight excluding hydrogens is 356 g/mol. The Morgan fingerprint density at radius 3 is 2.27 bits per heavy atom. The zero-order valence-corrected chi connectivity index (χ0v) is 15.8. The van der Waals surface area contributed by atoms with Crippen molar-refractivity contribution in [2.45, 2.75) is 18.9 Å².